The van der Waals surface area contributed by atoms with Crippen LogP contribution in [0.5, 0.6) is 0 Å². The van der Waals surface area contributed by atoms with Gasteiger partial charge in [-0.3, -0.25) is 9.36 Å². The van der Waals surface area contributed by atoms with E-state index in [0.29, 0.717) is 11.6 Å². The molecule has 5 nitrogen and oxygen atoms in total. The highest BCUT2D eigenvalue weighted by atomic mass is 35.5. The van der Waals surface area contributed by atoms with Crippen LogP contribution in [0.3, 0.4) is 0 Å². The first-order valence-electron chi connectivity index (χ1n) is 6.30. The number of halogens is 1. The first-order chi connectivity index (χ1) is 8.90. The maximum Gasteiger partial charge on any atom is 0.130 e. The van der Waals surface area contributed by atoms with E-state index >= 15 is 0 Å². The maximum atomic E-state index is 10.3. The molecule has 0 aliphatic heterocycles. The average Bonchev–Trinajstić information content (AvgIpc) is 2.91. The highest BCUT2D eigenvalue weighted by molar-refractivity contribution is 6.30. The summed E-state index contributed by atoms with van der Waals surface area (Å²) in [5.74, 6) is 0. The van der Waals surface area contributed by atoms with Gasteiger partial charge in [-0.2, -0.15) is 10.2 Å². The second-order valence-electron chi connectivity index (χ2n) is 5.05. The number of rotatable bonds is 4. The molecule has 0 aromatic carbocycles. The van der Waals surface area contributed by atoms with Gasteiger partial charge in [0, 0.05) is 36.8 Å². The van der Waals surface area contributed by atoms with Crippen molar-refractivity contribution >= 4 is 11.6 Å². The Morgan fingerprint density at radius 1 is 1.42 bits per heavy atom. The highest BCUT2D eigenvalue weighted by Gasteiger charge is 2.18. The van der Waals surface area contributed by atoms with E-state index in [4.69, 9.17) is 11.6 Å². The minimum atomic E-state index is -0.618. The molecule has 1 unspecified atom stereocenters. The van der Waals surface area contributed by atoms with Crippen LogP contribution in [0.15, 0.2) is 12.4 Å². The lowest BCUT2D eigenvalue weighted by Crippen LogP contribution is -2.03. The lowest BCUT2D eigenvalue weighted by molar-refractivity contribution is 0.178. The molecule has 1 N–H and O–H groups in total. The summed E-state index contributed by atoms with van der Waals surface area (Å²) in [6.45, 7) is 5.99. The monoisotopic (exact) mass is 282 g/mol. The third kappa shape index (κ3) is 2.82. The number of aromatic nitrogens is 4. The molecule has 2 aromatic heterocycles. The zero-order valence-corrected chi connectivity index (χ0v) is 12.4. The number of nitrogens with zero attached hydrogens (tertiary/aromatic N) is 4. The van der Waals surface area contributed by atoms with Crippen molar-refractivity contribution in [3.8, 4) is 0 Å². The van der Waals surface area contributed by atoms with Gasteiger partial charge in [-0.25, -0.2) is 0 Å². The molecule has 0 saturated heterocycles. The fraction of sp³-hybridized carbons (Fsp3) is 0.538. The Morgan fingerprint density at radius 3 is 2.58 bits per heavy atom. The summed E-state index contributed by atoms with van der Waals surface area (Å²) < 4.78 is 3.45. The van der Waals surface area contributed by atoms with Crippen LogP contribution >= 0.6 is 11.6 Å². The fourth-order valence-electron chi connectivity index (χ4n) is 2.02. The van der Waals surface area contributed by atoms with Crippen LogP contribution in [0.2, 0.25) is 5.15 Å². The SMILES string of the molecule is Cc1nn(C)c(Cl)c1CC(O)c1cnn(C(C)C)c1. The summed E-state index contributed by atoms with van der Waals surface area (Å²) in [5.41, 5.74) is 2.53. The topological polar surface area (TPSA) is 55.9 Å². The molecular formula is C13H19ClN4O. The molecule has 0 aliphatic rings. The Labute approximate surface area is 117 Å². The fourth-order valence-corrected chi connectivity index (χ4v) is 2.28. The van der Waals surface area contributed by atoms with E-state index in [1.165, 1.54) is 0 Å². The summed E-state index contributed by atoms with van der Waals surface area (Å²) in [6.07, 6.45) is 3.40. The Balaban J connectivity index is 2.18. The zero-order valence-electron chi connectivity index (χ0n) is 11.6. The number of aryl methyl sites for hydroxylation is 2. The molecule has 2 aromatic rings. The van der Waals surface area contributed by atoms with E-state index in [0.717, 1.165) is 16.8 Å². The molecule has 0 spiro atoms. The minimum Gasteiger partial charge on any atom is -0.388 e. The number of aliphatic hydroxyl groups is 1. The number of hydrogen-bond acceptors (Lipinski definition) is 3. The van der Waals surface area contributed by atoms with Gasteiger partial charge in [0.05, 0.1) is 18.0 Å². The van der Waals surface area contributed by atoms with Gasteiger partial charge >= 0.3 is 0 Å². The Hall–Kier alpha value is -1.33. The second-order valence-corrected chi connectivity index (χ2v) is 5.40. The quantitative estimate of drug-likeness (QED) is 0.937. The summed E-state index contributed by atoms with van der Waals surface area (Å²) >= 11 is 6.17. The van der Waals surface area contributed by atoms with Gasteiger partial charge in [0.1, 0.15) is 5.15 Å². The molecule has 0 radical (unpaired) electrons. The average molecular weight is 283 g/mol. The van der Waals surface area contributed by atoms with E-state index < -0.39 is 6.10 Å². The molecular weight excluding hydrogens is 264 g/mol. The van der Waals surface area contributed by atoms with Crippen LogP contribution in [0, 0.1) is 6.92 Å². The molecule has 0 fully saturated rings. The van der Waals surface area contributed by atoms with Crippen molar-refractivity contribution in [2.24, 2.45) is 7.05 Å². The van der Waals surface area contributed by atoms with Crippen molar-refractivity contribution < 1.29 is 5.11 Å². The van der Waals surface area contributed by atoms with Crippen molar-refractivity contribution in [1.82, 2.24) is 19.6 Å². The lowest BCUT2D eigenvalue weighted by atomic mass is 10.1. The van der Waals surface area contributed by atoms with Gasteiger partial charge in [0.2, 0.25) is 0 Å². The zero-order chi connectivity index (χ0) is 14.2. The van der Waals surface area contributed by atoms with E-state index in [1.54, 1.807) is 17.9 Å². The molecule has 2 heterocycles. The van der Waals surface area contributed by atoms with Gasteiger partial charge in [-0.1, -0.05) is 11.6 Å². The van der Waals surface area contributed by atoms with E-state index in [9.17, 15) is 5.11 Å². The smallest absolute Gasteiger partial charge is 0.130 e. The van der Waals surface area contributed by atoms with Crippen molar-refractivity contribution in [1.29, 1.82) is 0 Å². The summed E-state index contributed by atoms with van der Waals surface area (Å²) in [6, 6.07) is 0.282. The van der Waals surface area contributed by atoms with Crippen molar-refractivity contribution in [2.75, 3.05) is 0 Å². The third-order valence-electron chi connectivity index (χ3n) is 3.20. The molecule has 1 atom stereocenters. The van der Waals surface area contributed by atoms with Gasteiger partial charge in [-0.15, -0.1) is 0 Å². The second kappa shape index (κ2) is 5.35. The number of hydrogen-bond donors (Lipinski definition) is 1. The van der Waals surface area contributed by atoms with Crippen LogP contribution in [-0.4, -0.2) is 24.7 Å². The summed E-state index contributed by atoms with van der Waals surface area (Å²) in [5, 5.41) is 19.3. The molecule has 6 heteroatoms. The molecule has 0 saturated carbocycles. The van der Waals surface area contributed by atoms with E-state index in [-0.39, 0.29) is 6.04 Å². The van der Waals surface area contributed by atoms with Gasteiger partial charge in [0.15, 0.2) is 0 Å². The van der Waals surface area contributed by atoms with Gasteiger partial charge in [-0.05, 0) is 20.8 Å². The Morgan fingerprint density at radius 2 is 2.11 bits per heavy atom. The Kier molecular flexibility index (Phi) is 3.96. The summed E-state index contributed by atoms with van der Waals surface area (Å²) in [4.78, 5) is 0. The van der Waals surface area contributed by atoms with Gasteiger partial charge in [0.25, 0.3) is 0 Å². The predicted molar refractivity (Wildman–Crippen MR) is 74.2 cm³/mol. The van der Waals surface area contributed by atoms with E-state index in [1.807, 2.05) is 31.6 Å². The van der Waals surface area contributed by atoms with Crippen LogP contribution in [-0.2, 0) is 13.5 Å². The Bertz CT molecular complexity index is 573. The lowest BCUT2D eigenvalue weighted by Gasteiger charge is -2.08. The largest absolute Gasteiger partial charge is 0.388 e. The predicted octanol–water partition coefficient (Wildman–Crippen LogP) is 2.44. The standard InChI is InChI=1S/C13H19ClN4O/c1-8(2)18-7-10(6-15-18)12(19)5-11-9(3)16-17(4)13(11)14/h6-8,12,19H,5H2,1-4H3. The first-order valence-corrected chi connectivity index (χ1v) is 6.68. The van der Waals surface area contributed by atoms with Crippen molar-refractivity contribution in [2.45, 2.75) is 39.3 Å². The molecule has 2 rings (SSSR count). The molecule has 19 heavy (non-hydrogen) atoms. The van der Waals surface area contributed by atoms with Crippen LogP contribution in [0.25, 0.3) is 0 Å². The van der Waals surface area contributed by atoms with Crippen molar-refractivity contribution in [3.05, 3.63) is 34.4 Å². The van der Waals surface area contributed by atoms with Crippen molar-refractivity contribution in [3.63, 3.8) is 0 Å². The normalized spacial score (nSPS) is 13.2. The third-order valence-corrected chi connectivity index (χ3v) is 3.68. The van der Waals surface area contributed by atoms with Crippen LogP contribution < -0.4 is 0 Å². The van der Waals surface area contributed by atoms with Gasteiger partial charge < -0.3 is 5.11 Å². The minimum absolute atomic E-state index is 0.282. The van der Waals surface area contributed by atoms with Crippen LogP contribution in [0.4, 0.5) is 0 Å². The number of aliphatic hydroxyl groups excluding tert-OH is 1. The molecule has 0 aliphatic carbocycles. The summed E-state index contributed by atoms with van der Waals surface area (Å²) in [7, 11) is 1.79. The van der Waals surface area contributed by atoms with E-state index in [2.05, 4.69) is 10.2 Å². The molecule has 0 amide bonds. The molecule has 104 valence electrons. The van der Waals surface area contributed by atoms with Crippen LogP contribution in [0.1, 0.15) is 42.8 Å². The first kappa shape index (κ1) is 14.1. The molecule has 0 bridgehead atoms. The maximum absolute atomic E-state index is 10.3. The highest BCUT2D eigenvalue weighted by Crippen LogP contribution is 2.25.